The van der Waals surface area contributed by atoms with Crippen molar-refractivity contribution in [3.05, 3.63) is 90.4 Å². The molecule has 2 atom stereocenters. The molecule has 0 saturated carbocycles. The van der Waals surface area contributed by atoms with Crippen molar-refractivity contribution in [3.63, 3.8) is 0 Å². The molecule has 0 bridgehead atoms. The van der Waals surface area contributed by atoms with E-state index in [1.807, 2.05) is 30.2 Å². The molecule has 2 aromatic carbocycles. The highest BCUT2D eigenvalue weighted by atomic mass is 19.3. The summed E-state index contributed by atoms with van der Waals surface area (Å²) in [7, 11) is 0. The van der Waals surface area contributed by atoms with Crippen LogP contribution in [-0.4, -0.2) is 18.2 Å². The van der Waals surface area contributed by atoms with E-state index in [-0.39, 0.29) is 17.6 Å². The average Bonchev–Trinajstić information content (AvgIpc) is 2.73. The minimum absolute atomic E-state index is 0.0301. The number of benzene rings is 2. The van der Waals surface area contributed by atoms with Crippen LogP contribution in [0.4, 0.5) is 13.2 Å². The highest BCUT2D eigenvalue weighted by Crippen LogP contribution is 2.37. The normalized spacial score (nSPS) is 20.0. The summed E-state index contributed by atoms with van der Waals surface area (Å²) in [6.07, 6.45) is 7.24. The number of allylic oxidation sites excluding steroid dienone is 1. The average molecular weight is 403 g/mol. The fourth-order valence-corrected chi connectivity index (χ4v) is 3.39. The van der Waals surface area contributed by atoms with Gasteiger partial charge in [-0.05, 0) is 61.2 Å². The molecular formula is C23H24F3NO2. The number of rotatable bonds is 8. The standard InChI is InChI=1S/C23H24F3NO2/c1-3-4-13-23(19-7-9-20(24)10-8-19)14-15-27(16-28-23)17(2)18-5-11-21(12-6-18)29-22(25)26/h3,5-12,14-15,17,22H,1,4,13,16H2,2H3/t17-,23-/m0/s1. The fourth-order valence-electron chi connectivity index (χ4n) is 3.39. The van der Waals surface area contributed by atoms with Crippen molar-refractivity contribution < 1.29 is 22.6 Å². The Bertz CT molecular complexity index is 836. The topological polar surface area (TPSA) is 21.7 Å². The molecule has 0 unspecified atom stereocenters. The molecule has 29 heavy (non-hydrogen) atoms. The van der Waals surface area contributed by atoms with Crippen LogP contribution in [0.5, 0.6) is 5.75 Å². The minimum atomic E-state index is -2.84. The van der Waals surface area contributed by atoms with Gasteiger partial charge in [0.25, 0.3) is 0 Å². The Labute approximate surface area is 169 Å². The summed E-state index contributed by atoms with van der Waals surface area (Å²) < 4.78 is 48.6. The largest absolute Gasteiger partial charge is 0.435 e. The first-order valence-corrected chi connectivity index (χ1v) is 9.44. The lowest BCUT2D eigenvalue weighted by Crippen LogP contribution is -2.38. The first kappa shape index (κ1) is 21.0. The van der Waals surface area contributed by atoms with E-state index in [0.29, 0.717) is 13.2 Å². The van der Waals surface area contributed by atoms with Crippen molar-refractivity contribution in [1.29, 1.82) is 0 Å². The molecule has 3 rings (SSSR count). The van der Waals surface area contributed by atoms with Gasteiger partial charge in [-0.2, -0.15) is 8.78 Å². The Morgan fingerprint density at radius 3 is 2.41 bits per heavy atom. The van der Waals surface area contributed by atoms with E-state index < -0.39 is 12.2 Å². The molecule has 1 aliphatic rings. The Balaban J connectivity index is 1.77. The lowest BCUT2D eigenvalue weighted by atomic mass is 9.88. The molecule has 2 aromatic rings. The molecular weight excluding hydrogens is 379 g/mol. The van der Waals surface area contributed by atoms with Gasteiger partial charge in [0.15, 0.2) is 0 Å². The SMILES string of the molecule is C=CCC[C@@]1(c2ccc(F)cc2)C=CN([C@@H](C)c2ccc(OC(F)F)cc2)CO1. The maximum absolute atomic E-state index is 13.4. The third-order valence-corrected chi connectivity index (χ3v) is 5.14. The van der Waals surface area contributed by atoms with Gasteiger partial charge >= 0.3 is 6.61 Å². The smallest absolute Gasteiger partial charge is 0.387 e. The van der Waals surface area contributed by atoms with Gasteiger partial charge in [-0.15, -0.1) is 6.58 Å². The molecule has 0 aliphatic carbocycles. The summed E-state index contributed by atoms with van der Waals surface area (Å²) in [4.78, 5) is 2.01. The molecule has 3 nitrogen and oxygen atoms in total. The van der Waals surface area contributed by atoms with Crippen LogP contribution in [0.15, 0.2) is 73.5 Å². The van der Waals surface area contributed by atoms with Crippen molar-refractivity contribution in [2.24, 2.45) is 0 Å². The summed E-state index contributed by atoms with van der Waals surface area (Å²) in [5.41, 5.74) is 1.19. The molecule has 0 amide bonds. The number of ether oxygens (including phenoxy) is 2. The summed E-state index contributed by atoms with van der Waals surface area (Å²) in [6, 6.07) is 12.9. The Hall–Kier alpha value is -2.73. The summed E-state index contributed by atoms with van der Waals surface area (Å²) >= 11 is 0. The minimum Gasteiger partial charge on any atom is -0.435 e. The fraction of sp³-hybridized carbons (Fsp3) is 0.304. The number of alkyl halides is 2. The van der Waals surface area contributed by atoms with Crippen LogP contribution in [0.25, 0.3) is 0 Å². The third-order valence-electron chi connectivity index (χ3n) is 5.14. The third kappa shape index (κ3) is 5.01. The first-order chi connectivity index (χ1) is 13.9. The summed E-state index contributed by atoms with van der Waals surface area (Å²) in [5.74, 6) is -0.164. The molecule has 0 saturated heterocycles. The molecule has 0 aromatic heterocycles. The van der Waals surface area contributed by atoms with Gasteiger partial charge in [0.1, 0.15) is 23.9 Å². The number of hydrogen-bond acceptors (Lipinski definition) is 3. The van der Waals surface area contributed by atoms with Crippen LogP contribution in [0.2, 0.25) is 0 Å². The molecule has 0 radical (unpaired) electrons. The highest BCUT2D eigenvalue weighted by molar-refractivity contribution is 5.31. The van der Waals surface area contributed by atoms with Gasteiger partial charge in [-0.1, -0.05) is 30.3 Å². The molecule has 1 heterocycles. The van der Waals surface area contributed by atoms with Gasteiger partial charge in [-0.25, -0.2) is 4.39 Å². The predicted molar refractivity (Wildman–Crippen MR) is 106 cm³/mol. The predicted octanol–water partition coefficient (Wildman–Crippen LogP) is 6.15. The van der Waals surface area contributed by atoms with E-state index >= 15 is 0 Å². The monoisotopic (exact) mass is 403 g/mol. The molecule has 154 valence electrons. The van der Waals surface area contributed by atoms with Crippen LogP contribution in [0.1, 0.15) is 36.9 Å². The highest BCUT2D eigenvalue weighted by Gasteiger charge is 2.34. The maximum atomic E-state index is 13.4. The van der Waals surface area contributed by atoms with Gasteiger partial charge < -0.3 is 14.4 Å². The Morgan fingerprint density at radius 1 is 1.17 bits per heavy atom. The number of halogens is 3. The molecule has 0 fully saturated rings. The van der Waals surface area contributed by atoms with Gasteiger partial charge in [0.05, 0.1) is 6.04 Å². The summed E-state index contributed by atoms with van der Waals surface area (Å²) in [5, 5.41) is 0. The van der Waals surface area contributed by atoms with Crippen LogP contribution in [-0.2, 0) is 10.3 Å². The second-order valence-corrected chi connectivity index (χ2v) is 6.95. The van der Waals surface area contributed by atoms with Crippen molar-refractivity contribution in [1.82, 2.24) is 4.90 Å². The zero-order valence-electron chi connectivity index (χ0n) is 16.2. The van der Waals surface area contributed by atoms with Crippen LogP contribution in [0, 0.1) is 5.82 Å². The maximum Gasteiger partial charge on any atom is 0.387 e. The molecule has 0 N–H and O–H groups in total. The number of nitrogens with zero attached hydrogens (tertiary/aromatic N) is 1. The van der Waals surface area contributed by atoms with Gasteiger partial charge in [0, 0.05) is 6.20 Å². The van der Waals surface area contributed by atoms with E-state index in [2.05, 4.69) is 11.3 Å². The zero-order valence-corrected chi connectivity index (χ0v) is 16.2. The second kappa shape index (κ2) is 9.18. The summed E-state index contributed by atoms with van der Waals surface area (Å²) in [6.45, 7) is 3.28. The first-order valence-electron chi connectivity index (χ1n) is 9.44. The quantitative estimate of drug-likeness (QED) is 0.493. The van der Waals surface area contributed by atoms with Crippen molar-refractivity contribution in [3.8, 4) is 5.75 Å². The van der Waals surface area contributed by atoms with Gasteiger partial charge in [-0.3, -0.25) is 0 Å². The Kier molecular flexibility index (Phi) is 6.64. The zero-order chi connectivity index (χ0) is 20.9. The van der Waals surface area contributed by atoms with Crippen molar-refractivity contribution in [2.75, 3.05) is 6.73 Å². The van der Waals surface area contributed by atoms with E-state index in [4.69, 9.17) is 4.74 Å². The van der Waals surface area contributed by atoms with Crippen molar-refractivity contribution in [2.45, 2.75) is 38.0 Å². The lowest BCUT2D eigenvalue weighted by molar-refractivity contribution is -0.0862. The van der Waals surface area contributed by atoms with E-state index in [1.54, 1.807) is 24.3 Å². The van der Waals surface area contributed by atoms with Crippen molar-refractivity contribution >= 4 is 0 Å². The van der Waals surface area contributed by atoms with E-state index in [0.717, 1.165) is 17.5 Å². The van der Waals surface area contributed by atoms with Gasteiger partial charge in [0.2, 0.25) is 0 Å². The lowest BCUT2D eigenvalue weighted by Gasteiger charge is -2.40. The molecule has 0 spiro atoms. The molecule has 1 aliphatic heterocycles. The van der Waals surface area contributed by atoms with Crippen LogP contribution < -0.4 is 4.74 Å². The number of hydrogen-bond donors (Lipinski definition) is 0. The van der Waals surface area contributed by atoms with E-state index in [9.17, 15) is 13.2 Å². The van der Waals surface area contributed by atoms with Crippen LogP contribution in [0.3, 0.4) is 0 Å². The van der Waals surface area contributed by atoms with Crippen LogP contribution >= 0.6 is 0 Å². The molecule has 6 heteroatoms. The second-order valence-electron chi connectivity index (χ2n) is 6.95. The van der Waals surface area contributed by atoms with E-state index in [1.165, 1.54) is 24.3 Å². The Morgan fingerprint density at radius 2 is 1.86 bits per heavy atom.